The van der Waals surface area contributed by atoms with E-state index in [9.17, 15) is 0 Å². The topological polar surface area (TPSA) is 38.0 Å². The molecular weight excluding hydrogens is 152 g/mol. The van der Waals surface area contributed by atoms with Crippen molar-refractivity contribution in [2.45, 2.75) is 12.6 Å². The van der Waals surface area contributed by atoms with Crippen LogP contribution in [0.15, 0.2) is 18.5 Å². The van der Waals surface area contributed by atoms with Gasteiger partial charge in [0.1, 0.15) is 0 Å². The van der Waals surface area contributed by atoms with E-state index in [-0.39, 0.29) is 5.88 Å². The maximum absolute atomic E-state index is 9.04. The largest absolute Gasteiger partial charge is 0.390 e. The first-order chi connectivity index (χ1) is 4.83. The van der Waals surface area contributed by atoms with Crippen LogP contribution in [0.5, 0.6) is 0 Å². The Bertz CT molecular complexity index is 176. The number of alkyl halides is 1. The van der Waals surface area contributed by atoms with Crippen molar-refractivity contribution in [2.24, 2.45) is 0 Å². The SMILES string of the molecule is OC(CCl)Cn1cccn1. The van der Waals surface area contributed by atoms with E-state index in [4.69, 9.17) is 16.7 Å². The molecule has 0 aromatic carbocycles. The summed E-state index contributed by atoms with van der Waals surface area (Å²) in [6.07, 6.45) is 2.96. The summed E-state index contributed by atoms with van der Waals surface area (Å²) in [5.41, 5.74) is 0. The Morgan fingerprint density at radius 1 is 1.70 bits per heavy atom. The van der Waals surface area contributed by atoms with E-state index < -0.39 is 6.10 Å². The van der Waals surface area contributed by atoms with Gasteiger partial charge < -0.3 is 5.11 Å². The normalized spacial score (nSPS) is 13.4. The van der Waals surface area contributed by atoms with Crippen LogP contribution in [-0.4, -0.2) is 26.9 Å². The van der Waals surface area contributed by atoms with Gasteiger partial charge in [-0.05, 0) is 6.07 Å². The third kappa shape index (κ3) is 2.01. The van der Waals surface area contributed by atoms with E-state index >= 15 is 0 Å². The minimum atomic E-state index is -0.499. The van der Waals surface area contributed by atoms with Crippen molar-refractivity contribution < 1.29 is 5.11 Å². The van der Waals surface area contributed by atoms with Crippen LogP contribution in [0.2, 0.25) is 0 Å². The van der Waals surface area contributed by atoms with Gasteiger partial charge in [0.05, 0.1) is 18.5 Å². The second-order valence-corrected chi connectivity index (χ2v) is 2.34. The summed E-state index contributed by atoms with van der Waals surface area (Å²) in [6.45, 7) is 0.469. The summed E-state index contributed by atoms with van der Waals surface area (Å²) in [7, 11) is 0. The summed E-state index contributed by atoms with van der Waals surface area (Å²) in [5, 5.41) is 12.9. The molecule has 0 amide bonds. The lowest BCUT2D eigenvalue weighted by Crippen LogP contribution is -2.17. The third-order valence-electron chi connectivity index (χ3n) is 1.14. The Kier molecular flexibility index (Phi) is 2.71. The van der Waals surface area contributed by atoms with Crippen LogP contribution in [0.3, 0.4) is 0 Å². The Balaban J connectivity index is 2.40. The van der Waals surface area contributed by atoms with E-state index in [1.54, 1.807) is 23.1 Å². The van der Waals surface area contributed by atoms with Crippen LogP contribution >= 0.6 is 11.6 Å². The van der Waals surface area contributed by atoms with Crippen molar-refractivity contribution in [3.63, 3.8) is 0 Å². The lowest BCUT2D eigenvalue weighted by Gasteiger charge is -2.04. The highest BCUT2D eigenvalue weighted by Gasteiger charge is 2.01. The summed E-state index contributed by atoms with van der Waals surface area (Å²) >= 11 is 5.38. The zero-order chi connectivity index (χ0) is 7.40. The van der Waals surface area contributed by atoms with Crippen molar-refractivity contribution in [3.05, 3.63) is 18.5 Å². The predicted molar refractivity (Wildman–Crippen MR) is 39.0 cm³/mol. The Labute approximate surface area is 64.2 Å². The van der Waals surface area contributed by atoms with Gasteiger partial charge in [0.25, 0.3) is 0 Å². The van der Waals surface area contributed by atoms with E-state index in [2.05, 4.69) is 5.10 Å². The minimum Gasteiger partial charge on any atom is -0.390 e. The second-order valence-electron chi connectivity index (χ2n) is 2.04. The number of aromatic nitrogens is 2. The fourth-order valence-corrected chi connectivity index (χ4v) is 0.771. The summed E-state index contributed by atoms with van der Waals surface area (Å²) in [6, 6.07) is 1.81. The molecule has 4 heteroatoms. The number of hydrogen-bond donors (Lipinski definition) is 1. The molecule has 1 aromatic heterocycles. The maximum atomic E-state index is 9.04. The van der Waals surface area contributed by atoms with Crippen molar-refractivity contribution in [1.82, 2.24) is 9.78 Å². The molecule has 1 rings (SSSR count). The minimum absolute atomic E-state index is 0.250. The molecule has 0 spiro atoms. The monoisotopic (exact) mass is 160 g/mol. The number of rotatable bonds is 3. The first-order valence-corrected chi connectivity index (χ1v) is 3.58. The lowest BCUT2D eigenvalue weighted by atomic mass is 10.4. The third-order valence-corrected chi connectivity index (χ3v) is 1.49. The van der Waals surface area contributed by atoms with Crippen LogP contribution in [0.25, 0.3) is 0 Å². The van der Waals surface area contributed by atoms with E-state index in [1.165, 1.54) is 0 Å². The Morgan fingerprint density at radius 3 is 3.00 bits per heavy atom. The van der Waals surface area contributed by atoms with Crippen LogP contribution < -0.4 is 0 Å². The average Bonchev–Trinajstić information content (AvgIpc) is 2.40. The van der Waals surface area contributed by atoms with Crippen molar-refractivity contribution >= 4 is 11.6 Å². The average molecular weight is 161 g/mol. The van der Waals surface area contributed by atoms with Crippen molar-refractivity contribution in [3.8, 4) is 0 Å². The molecule has 1 unspecified atom stereocenters. The number of nitrogens with zero attached hydrogens (tertiary/aromatic N) is 2. The van der Waals surface area contributed by atoms with Gasteiger partial charge in [0.15, 0.2) is 0 Å². The van der Waals surface area contributed by atoms with Crippen molar-refractivity contribution in [1.29, 1.82) is 0 Å². The van der Waals surface area contributed by atoms with Gasteiger partial charge in [-0.15, -0.1) is 11.6 Å². The van der Waals surface area contributed by atoms with Gasteiger partial charge in [0.2, 0.25) is 0 Å². The predicted octanol–water partition coefficient (Wildman–Crippen LogP) is 0.483. The van der Waals surface area contributed by atoms with Gasteiger partial charge >= 0.3 is 0 Å². The van der Waals surface area contributed by atoms with Crippen LogP contribution in [0.1, 0.15) is 0 Å². The van der Waals surface area contributed by atoms with Gasteiger partial charge in [-0.1, -0.05) is 0 Å². The Hall–Kier alpha value is -0.540. The summed E-state index contributed by atoms with van der Waals surface area (Å²) < 4.78 is 1.65. The molecule has 0 radical (unpaired) electrons. The first kappa shape index (κ1) is 7.57. The molecule has 0 saturated carbocycles. The molecule has 56 valence electrons. The van der Waals surface area contributed by atoms with Gasteiger partial charge in [0, 0.05) is 12.4 Å². The van der Waals surface area contributed by atoms with E-state index in [0.717, 1.165) is 0 Å². The number of halogens is 1. The lowest BCUT2D eigenvalue weighted by molar-refractivity contribution is 0.171. The highest BCUT2D eigenvalue weighted by molar-refractivity contribution is 6.18. The quantitative estimate of drug-likeness (QED) is 0.654. The summed E-state index contributed by atoms with van der Waals surface area (Å²) in [4.78, 5) is 0. The number of aliphatic hydroxyl groups is 1. The van der Waals surface area contributed by atoms with Crippen molar-refractivity contribution in [2.75, 3.05) is 5.88 Å². The molecular formula is C6H9ClN2O. The second kappa shape index (κ2) is 3.58. The maximum Gasteiger partial charge on any atom is 0.0871 e. The zero-order valence-electron chi connectivity index (χ0n) is 5.44. The highest BCUT2D eigenvalue weighted by atomic mass is 35.5. The molecule has 0 aliphatic carbocycles. The zero-order valence-corrected chi connectivity index (χ0v) is 6.20. The molecule has 0 aliphatic heterocycles. The van der Waals surface area contributed by atoms with Gasteiger partial charge in [-0.3, -0.25) is 4.68 Å². The molecule has 0 fully saturated rings. The molecule has 0 aliphatic rings. The highest BCUT2D eigenvalue weighted by Crippen LogP contribution is 1.92. The van der Waals surface area contributed by atoms with E-state index in [0.29, 0.717) is 6.54 Å². The van der Waals surface area contributed by atoms with Gasteiger partial charge in [-0.2, -0.15) is 5.10 Å². The molecule has 10 heavy (non-hydrogen) atoms. The molecule has 1 aromatic rings. The smallest absolute Gasteiger partial charge is 0.0871 e. The number of aliphatic hydroxyl groups excluding tert-OH is 1. The van der Waals surface area contributed by atoms with Gasteiger partial charge in [-0.25, -0.2) is 0 Å². The van der Waals surface area contributed by atoms with Crippen LogP contribution in [0.4, 0.5) is 0 Å². The van der Waals surface area contributed by atoms with E-state index in [1.807, 2.05) is 0 Å². The summed E-state index contributed by atoms with van der Waals surface area (Å²) in [5.74, 6) is 0.250. The molecule has 0 bridgehead atoms. The fraction of sp³-hybridized carbons (Fsp3) is 0.500. The molecule has 3 nitrogen and oxygen atoms in total. The first-order valence-electron chi connectivity index (χ1n) is 3.04. The molecule has 1 atom stereocenters. The Morgan fingerprint density at radius 2 is 2.50 bits per heavy atom. The molecule has 1 N–H and O–H groups in total. The molecule has 1 heterocycles. The van der Waals surface area contributed by atoms with Crippen LogP contribution in [-0.2, 0) is 6.54 Å². The standard InChI is InChI=1S/C6H9ClN2O/c7-4-6(10)5-9-3-1-2-8-9/h1-3,6,10H,4-5H2. The van der Waals surface area contributed by atoms with Crippen LogP contribution in [0, 0.1) is 0 Å². The molecule has 0 saturated heterocycles. The fourth-order valence-electron chi connectivity index (χ4n) is 0.673. The number of hydrogen-bond acceptors (Lipinski definition) is 2.